The maximum atomic E-state index is 11.6. The second-order valence-electron chi connectivity index (χ2n) is 4.07. The van der Waals surface area contributed by atoms with Gasteiger partial charge in [0.2, 0.25) is 5.91 Å². The third-order valence-corrected chi connectivity index (χ3v) is 2.65. The van der Waals surface area contributed by atoms with Crippen molar-refractivity contribution in [3.8, 4) is 0 Å². The van der Waals surface area contributed by atoms with E-state index in [0.29, 0.717) is 6.42 Å². The van der Waals surface area contributed by atoms with Crippen LogP contribution in [0.25, 0.3) is 0 Å². The summed E-state index contributed by atoms with van der Waals surface area (Å²) in [4.78, 5) is 11.6. The number of nitrogens with one attached hydrogen (secondary N) is 1. The standard InChI is InChI=1S/C13H20N2O/c1-3-12(14)9-13(16)15-10(2)11-7-5-4-6-8-11/h4-8,10,12H,3,9,14H2,1-2H3,(H,15,16)/t10-,12?/m0/s1. The summed E-state index contributed by atoms with van der Waals surface area (Å²) in [6.45, 7) is 3.96. The molecule has 2 atom stereocenters. The van der Waals surface area contributed by atoms with Gasteiger partial charge < -0.3 is 11.1 Å². The highest BCUT2D eigenvalue weighted by atomic mass is 16.1. The van der Waals surface area contributed by atoms with E-state index >= 15 is 0 Å². The average molecular weight is 220 g/mol. The van der Waals surface area contributed by atoms with Gasteiger partial charge in [-0.1, -0.05) is 37.3 Å². The van der Waals surface area contributed by atoms with E-state index in [0.717, 1.165) is 12.0 Å². The normalized spacial score (nSPS) is 14.2. The number of hydrogen-bond acceptors (Lipinski definition) is 2. The lowest BCUT2D eigenvalue weighted by atomic mass is 10.1. The first-order valence-corrected chi connectivity index (χ1v) is 5.73. The van der Waals surface area contributed by atoms with E-state index < -0.39 is 0 Å². The van der Waals surface area contributed by atoms with Gasteiger partial charge >= 0.3 is 0 Å². The van der Waals surface area contributed by atoms with Crippen molar-refractivity contribution in [2.24, 2.45) is 5.73 Å². The summed E-state index contributed by atoms with van der Waals surface area (Å²) in [5, 5.41) is 2.94. The summed E-state index contributed by atoms with van der Waals surface area (Å²) in [5.74, 6) is 0.0192. The Kier molecular flexibility index (Phi) is 4.99. The fraction of sp³-hybridized carbons (Fsp3) is 0.462. The molecular formula is C13H20N2O. The van der Waals surface area contributed by atoms with Crippen molar-refractivity contribution in [3.63, 3.8) is 0 Å². The molecule has 0 fully saturated rings. The minimum Gasteiger partial charge on any atom is -0.350 e. The Morgan fingerprint density at radius 2 is 2.00 bits per heavy atom. The van der Waals surface area contributed by atoms with Crippen LogP contribution in [-0.2, 0) is 4.79 Å². The van der Waals surface area contributed by atoms with Crippen molar-refractivity contribution < 1.29 is 4.79 Å². The summed E-state index contributed by atoms with van der Waals surface area (Å²) in [6, 6.07) is 9.91. The van der Waals surface area contributed by atoms with Crippen LogP contribution in [-0.4, -0.2) is 11.9 Å². The van der Waals surface area contributed by atoms with Gasteiger partial charge in [0.15, 0.2) is 0 Å². The van der Waals surface area contributed by atoms with Gasteiger partial charge in [-0.15, -0.1) is 0 Å². The molecule has 0 radical (unpaired) electrons. The molecule has 88 valence electrons. The third-order valence-electron chi connectivity index (χ3n) is 2.65. The Bertz CT molecular complexity index is 324. The first-order valence-electron chi connectivity index (χ1n) is 5.73. The van der Waals surface area contributed by atoms with E-state index in [2.05, 4.69) is 5.32 Å². The van der Waals surface area contributed by atoms with Gasteiger partial charge in [-0.25, -0.2) is 0 Å². The molecule has 3 heteroatoms. The minimum absolute atomic E-state index is 0.0192. The van der Waals surface area contributed by atoms with Gasteiger partial charge in [0.25, 0.3) is 0 Å². The third kappa shape index (κ3) is 4.03. The lowest BCUT2D eigenvalue weighted by Crippen LogP contribution is -2.32. The maximum absolute atomic E-state index is 11.6. The Morgan fingerprint density at radius 3 is 2.56 bits per heavy atom. The van der Waals surface area contributed by atoms with Crippen LogP contribution in [0.2, 0.25) is 0 Å². The number of rotatable bonds is 5. The van der Waals surface area contributed by atoms with Crippen LogP contribution in [0.15, 0.2) is 30.3 Å². The zero-order valence-electron chi connectivity index (χ0n) is 9.94. The number of amides is 1. The Hall–Kier alpha value is -1.35. The molecule has 0 bridgehead atoms. The van der Waals surface area contributed by atoms with Gasteiger partial charge in [0.1, 0.15) is 0 Å². The van der Waals surface area contributed by atoms with Crippen LogP contribution in [0.1, 0.15) is 38.3 Å². The quantitative estimate of drug-likeness (QED) is 0.797. The van der Waals surface area contributed by atoms with Crippen LogP contribution >= 0.6 is 0 Å². The topological polar surface area (TPSA) is 55.1 Å². The number of benzene rings is 1. The Morgan fingerprint density at radius 1 is 1.38 bits per heavy atom. The molecule has 1 unspecified atom stereocenters. The fourth-order valence-corrected chi connectivity index (χ4v) is 1.51. The van der Waals surface area contributed by atoms with E-state index in [1.807, 2.05) is 44.2 Å². The molecule has 0 aliphatic carbocycles. The lowest BCUT2D eigenvalue weighted by Gasteiger charge is -2.15. The molecule has 1 aromatic rings. The zero-order chi connectivity index (χ0) is 12.0. The summed E-state index contributed by atoms with van der Waals surface area (Å²) in [6.07, 6.45) is 1.22. The van der Waals surface area contributed by atoms with Crippen molar-refractivity contribution in [1.82, 2.24) is 5.32 Å². The highest BCUT2D eigenvalue weighted by molar-refractivity contribution is 5.77. The van der Waals surface area contributed by atoms with Crippen LogP contribution in [0, 0.1) is 0 Å². The fourth-order valence-electron chi connectivity index (χ4n) is 1.51. The van der Waals surface area contributed by atoms with Crippen LogP contribution in [0.5, 0.6) is 0 Å². The van der Waals surface area contributed by atoms with E-state index in [1.54, 1.807) is 0 Å². The SMILES string of the molecule is CCC(N)CC(=O)N[C@@H](C)c1ccccc1. The zero-order valence-corrected chi connectivity index (χ0v) is 9.94. The highest BCUT2D eigenvalue weighted by Gasteiger charge is 2.11. The average Bonchev–Trinajstić information content (AvgIpc) is 2.29. The number of hydrogen-bond donors (Lipinski definition) is 2. The van der Waals surface area contributed by atoms with E-state index in [1.165, 1.54) is 0 Å². The van der Waals surface area contributed by atoms with Crippen molar-refractivity contribution >= 4 is 5.91 Å². The first kappa shape index (κ1) is 12.7. The molecule has 1 rings (SSSR count). The number of carbonyl (C=O) groups excluding carboxylic acids is 1. The van der Waals surface area contributed by atoms with E-state index in [-0.39, 0.29) is 18.0 Å². The van der Waals surface area contributed by atoms with Crippen LogP contribution in [0.3, 0.4) is 0 Å². The summed E-state index contributed by atoms with van der Waals surface area (Å²) in [7, 11) is 0. The number of nitrogens with two attached hydrogens (primary N) is 1. The van der Waals surface area contributed by atoms with Gasteiger partial charge in [0.05, 0.1) is 6.04 Å². The maximum Gasteiger partial charge on any atom is 0.222 e. The molecule has 0 saturated carbocycles. The lowest BCUT2D eigenvalue weighted by molar-refractivity contribution is -0.122. The van der Waals surface area contributed by atoms with Crippen molar-refractivity contribution in [1.29, 1.82) is 0 Å². The molecule has 0 saturated heterocycles. The smallest absolute Gasteiger partial charge is 0.222 e. The molecule has 16 heavy (non-hydrogen) atoms. The molecular weight excluding hydrogens is 200 g/mol. The molecule has 0 aliphatic rings. The van der Waals surface area contributed by atoms with Crippen molar-refractivity contribution in [3.05, 3.63) is 35.9 Å². The summed E-state index contributed by atoms with van der Waals surface area (Å²) >= 11 is 0. The first-order chi connectivity index (χ1) is 7.63. The minimum atomic E-state index is -0.0389. The second kappa shape index (κ2) is 6.28. The molecule has 3 nitrogen and oxygen atoms in total. The molecule has 0 spiro atoms. The summed E-state index contributed by atoms with van der Waals surface area (Å²) < 4.78 is 0. The van der Waals surface area contributed by atoms with Crippen molar-refractivity contribution in [2.45, 2.75) is 38.8 Å². The Labute approximate surface area is 97.0 Å². The van der Waals surface area contributed by atoms with E-state index in [9.17, 15) is 4.79 Å². The van der Waals surface area contributed by atoms with Gasteiger partial charge in [-0.2, -0.15) is 0 Å². The van der Waals surface area contributed by atoms with Crippen LogP contribution < -0.4 is 11.1 Å². The van der Waals surface area contributed by atoms with Crippen LogP contribution in [0.4, 0.5) is 0 Å². The van der Waals surface area contributed by atoms with E-state index in [4.69, 9.17) is 5.73 Å². The van der Waals surface area contributed by atoms with Gasteiger partial charge in [-0.05, 0) is 18.9 Å². The monoisotopic (exact) mass is 220 g/mol. The van der Waals surface area contributed by atoms with Crippen molar-refractivity contribution in [2.75, 3.05) is 0 Å². The molecule has 0 aromatic heterocycles. The second-order valence-corrected chi connectivity index (χ2v) is 4.07. The predicted octanol–water partition coefficient (Wildman–Crippen LogP) is 1.99. The number of carbonyl (C=O) groups is 1. The summed E-state index contributed by atoms with van der Waals surface area (Å²) in [5.41, 5.74) is 6.84. The molecule has 3 N–H and O–H groups in total. The van der Waals surface area contributed by atoms with Gasteiger partial charge in [0, 0.05) is 12.5 Å². The largest absolute Gasteiger partial charge is 0.350 e. The molecule has 1 aromatic carbocycles. The van der Waals surface area contributed by atoms with Gasteiger partial charge in [-0.3, -0.25) is 4.79 Å². The molecule has 0 heterocycles. The Balaban J connectivity index is 2.46. The predicted molar refractivity (Wildman–Crippen MR) is 65.9 cm³/mol. The molecule has 0 aliphatic heterocycles. The highest BCUT2D eigenvalue weighted by Crippen LogP contribution is 2.11. The molecule has 1 amide bonds.